The third-order valence-electron chi connectivity index (χ3n) is 5.44. The molecule has 0 fully saturated rings. The molecule has 0 saturated heterocycles. The summed E-state index contributed by atoms with van der Waals surface area (Å²) in [6.45, 7) is 8.58. The molecule has 1 heteroatoms. The zero-order chi connectivity index (χ0) is 18.7. The Morgan fingerprint density at radius 2 is 1.00 bits per heavy atom. The first-order valence-corrected chi connectivity index (χ1v) is 11.6. The Morgan fingerprint density at radius 1 is 0.538 bits per heavy atom. The number of hydrogen-bond acceptors (Lipinski definition) is 1. The highest BCUT2D eigenvalue weighted by Crippen LogP contribution is 2.12. The molecule has 0 unspecified atom stereocenters. The second kappa shape index (κ2) is 17.6. The molecule has 0 bridgehead atoms. The fraction of sp³-hybridized carbons (Fsp3) is 0.760. The molecule has 1 nitrogen and oxygen atoms in total. The molecule has 0 aromatic heterocycles. The van der Waals surface area contributed by atoms with Gasteiger partial charge in [0.15, 0.2) is 0 Å². The van der Waals surface area contributed by atoms with Crippen LogP contribution in [0.25, 0.3) is 0 Å². The van der Waals surface area contributed by atoms with Crippen molar-refractivity contribution in [1.29, 1.82) is 0 Å². The molecule has 1 aromatic carbocycles. The summed E-state index contributed by atoms with van der Waals surface area (Å²) in [6, 6.07) is 10.9. The van der Waals surface area contributed by atoms with E-state index in [1.165, 1.54) is 115 Å². The largest absolute Gasteiger partial charge is 0.303 e. The van der Waals surface area contributed by atoms with Gasteiger partial charge in [-0.1, -0.05) is 102 Å². The maximum Gasteiger partial charge on any atom is -0.00187 e. The molecule has 0 amide bonds. The normalized spacial score (nSPS) is 11.3. The lowest BCUT2D eigenvalue weighted by Gasteiger charge is -2.21. The van der Waals surface area contributed by atoms with Gasteiger partial charge in [0.05, 0.1) is 0 Å². The fourth-order valence-corrected chi connectivity index (χ4v) is 3.65. The van der Waals surface area contributed by atoms with Crippen LogP contribution in [0, 0.1) is 0 Å². The van der Waals surface area contributed by atoms with Crippen molar-refractivity contribution < 1.29 is 0 Å². The fourth-order valence-electron chi connectivity index (χ4n) is 3.65. The molecule has 0 N–H and O–H groups in total. The third kappa shape index (κ3) is 13.4. The second-order valence-electron chi connectivity index (χ2n) is 7.97. The molecule has 0 radical (unpaired) electrons. The molecular formula is C25H45N. The Kier molecular flexibility index (Phi) is 15.7. The highest BCUT2D eigenvalue weighted by atomic mass is 15.1. The zero-order valence-electron chi connectivity index (χ0n) is 17.9. The van der Waals surface area contributed by atoms with Crippen molar-refractivity contribution in [1.82, 2.24) is 4.90 Å². The van der Waals surface area contributed by atoms with Crippen LogP contribution in [0.3, 0.4) is 0 Å². The van der Waals surface area contributed by atoms with Gasteiger partial charge in [0.25, 0.3) is 0 Å². The van der Waals surface area contributed by atoms with E-state index in [1.54, 1.807) is 0 Å². The van der Waals surface area contributed by atoms with Gasteiger partial charge in [0, 0.05) is 0 Å². The average molecular weight is 360 g/mol. The van der Waals surface area contributed by atoms with E-state index in [-0.39, 0.29) is 0 Å². The van der Waals surface area contributed by atoms with Gasteiger partial charge in [-0.25, -0.2) is 0 Å². The van der Waals surface area contributed by atoms with Crippen molar-refractivity contribution in [2.45, 2.75) is 104 Å². The van der Waals surface area contributed by atoms with Crippen molar-refractivity contribution in [2.75, 3.05) is 19.6 Å². The predicted octanol–water partition coefficient (Wildman–Crippen LogP) is 7.64. The van der Waals surface area contributed by atoms with Crippen LogP contribution in [0.5, 0.6) is 0 Å². The minimum atomic E-state index is 1.26. The lowest BCUT2D eigenvalue weighted by Crippen LogP contribution is -2.27. The first-order valence-electron chi connectivity index (χ1n) is 11.6. The minimum Gasteiger partial charge on any atom is -0.303 e. The molecule has 0 spiro atoms. The summed E-state index contributed by atoms with van der Waals surface area (Å²) in [4.78, 5) is 2.71. The Labute approximate surface area is 164 Å². The summed E-state index contributed by atoms with van der Waals surface area (Å²) >= 11 is 0. The summed E-state index contributed by atoms with van der Waals surface area (Å²) in [5.41, 5.74) is 1.50. The lowest BCUT2D eigenvalue weighted by molar-refractivity contribution is 0.259. The first-order chi connectivity index (χ1) is 12.9. The van der Waals surface area contributed by atoms with Crippen molar-refractivity contribution in [2.24, 2.45) is 0 Å². The molecule has 1 aromatic rings. The molecule has 0 aliphatic heterocycles. The molecule has 26 heavy (non-hydrogen) atoms. The number of unbranched alkanes of at least 4 members (excludes halogenated alkanes) is 10. The molecule has 150 valence electrons. The third-order valence-corrected chi connectivity index (χ3v) is 5.44. The number of aryl methyl sites for hydroxylation is 1. The van der Waals surface area contributed by atoms with Crippen molar-refractivity contribution in [3.05, 3.63) is 35.9 Å². The van der Waals surface area contributed by atoms with Crippen molar-refractivity contribution in [3.63, 3.8) is 0 Å². The topological polar surface area (TPSA) is 3.24 Å². The van der Waals surface area contributed by atoms with Crippen LogP contribution in [0.1, 0.15) is 103 Å². The number of rotatable bonds is 18. The standard InChI is InChI=1S/C25H45N/c1-3-5-22-26(23-6-4-2)24-18-13-11-9-7-8-10-12-15-19-25-20-16-14-17-21-25/h14,16-17,20-21H,3-13,15,18-19,22-24H2,1-2H3. The summed E-state index contributed by atoms with van der Waals surface area (Å²) in [6.07, 6.45) is 19.4. The Bertz CT molecular complexity index is 378. The molecular weight excluding hydrogens is 314 g/mol. The SMILES string of the molecule is CCCCN(CCCC)CCCCCCCCCCCc1ccccc1. The number of benzene rings is 1. The molecule has 0 aliphatic rings. The second-order valence-corrected chi connectivity index (χ2v) is 7.97. The van der Waals surface area contributed by atoms with Gasteiger partial charge in [-0.3, -0.25) is 0 Å². The Balaban J connectivity index is 1.87. The number of hydrogen-bond donors (Lipinski definition) is 0. The van der Waals surface area contributed by atoms with Gasteiger partial charge >= 0.3 is 0 Å². The minimum absolute atomic E-state index is 1.26. The van der Waals surface area contributed by atoms with Gasteiger partial charge in [-0.15, -0.1) is 0 Å². The average Bonchev–Trinajstić information content (AvgIpc) is 2.68. The highest BCUT2D eigenvalue weighted by molar-refractivity contribution is 5.14. The smallest absolute Gasteiger partial charge is 0.00187 e. The van der Waals surface area contributed by atoms with Gasteiger partial charge in [-0.2, -0.15) is 0 Å². The summed E-state index contributed by atoms with van der Waals surface area (Å²) in [5.74, 6) is 0. The van der Waals surface area contributed by atoms with Crippen LogP contribution in [0.15, 0.2) is 30.3 Å². The van der Waals surface area contributed by atoms with Gasteiger partial charge in [-0.05, 0) is 57.3 Å². The highest BCUT2D eigenvalue weighted by Gasteiger charge is 2.03. The monoisotopic (exact) mass is 359 g/mol. The van der Waals surface area contributed by atoms with E-state index in [0.717, 1.165) is 0 Å². The summed E-state index contributed by atoms with van der Waals surface area (Å²) in [5, 5.41) is 0. The quantitative estimate of drug-likeness (QED) is 0.243. The van der Waals surface area contributed by atoms with E-state index < -0.39 is 0 Å². The molecule has 0 aliphatic carbocycles. The van der Waals surface area contributed by atoms with Gasteiger partial charge in [0.1, 0.15) is 0 Å². The molecule has 0 saturated carbocycles. The van der Waals surface area contributed by atoms with E-state index in [1.807, 2.05) is 0 Å². The summed E-state index contributed by atoms with van der Waals surface area (Å²) in [7, 11) is 0. The van der Waals surface area contributed by atoms with Crippen LogP contribution in [0.4, 0.5) is 0 Å². The van der Waals surface area contributed by atoms with Crippen molar-refractivity contribution >= 4 is 0 Å². The first kappa shape index (κ1) is 23.2. The van der Waals surface area contributed by atoms with E-state index in [9.17, 15) is 0 Å². The van der Waals surface area contributed by atoms with Gasteiger partial charge < -0.3 is 4.90 Å². The lowest BCUT2D eigenvalue weighted by atomic mass is 10.0. The van der Waals surface area contributed by atoms with Crippen molar-refractivity contribution in [3.8, 4) is 0 Å². The van der Waals surface area contributed by atoms with E-state index >= 15 is 0 Å². The molecule has 1 rings (SSSR count). The predicted molar refractivity (Wildman–Crippen MR) is 118 cm³/mol. The van der Waals surface area contributed by atoms with Crippen LogP contribution in [-0.2, 0) is 6.42 Å². The zero-order valence-corrected chi connectivity index (χ0v) is 17.9. The molecule has 0 atom stereocenters. The molecule has 0 heterocycles. The van der Waals surface area contributed by atoms with Crippen LogP contribution in [0.2, 0.25) is 0 Å². The van der Waals surface area contributed by atoms with E-state index in [4.69, 9.17) is 0 Å². The van der Waals surface area contributed by atoms with E-state index in [2.05, 4.69) is 49.1 Å². The Hall–Kier alpha value is -0.820. The number of nitrogens with zero attached hydrogens (tertiary/aromatic N) is 1. The van der Waals surface area contributed by atoms with Crippen LogP contribution in [-0.4, -0.2) is 24.5 Å². The van der Waals surface area contributed by atoms with Crippen LogP contribution >= 0.6 is 0 Å². The Morgan fingerprint density at radius 3 is 1.54 bits per heavy atom. The summed E-state index contributed by atoms with van der Waals surface area (Å²) < 4.78 is 0. The van der Waals surface area contributed by atoms with E-state index in [0.29, 0.717) is 0 Å². The van der Waals surface area contributed by atoms with Crippen LogP contribution < -0.4 is 0 Å². The maximum atomic E-state index is 2.71. The maximum absolute atomic E-state index is 2.71. The van der Waals surface area contributed by atoms with Gasteiger partial charge in [0.2, 0.25) is 0 Å².